The second kappa shape index (κ2) is 5.79. The quantitative estimate of drug-likeness (QED) is 0.843. The Hall–Kier alpha value is -1.99. The first-order chi connectivity index (χ1) is 10.1. The zero-order valence-electron chi connectivity index (χ0n) is 11.2. The van der Waals surface area contributed by atoms with Gasteiger partial charge in [-0.15, -0.1) is 0 Å². The second-order valence-corrected chi connectivity index (χ2v) is 5.19. The molecule has 21 heavy (non-hydrogen) atoms. The van der Waals surface area contributed by atoms with E-state index in [9.17, 15) is 4.79 Å². The maximum Gasteiger partial charge on any atom is 0.317 e. The zero-order chi connectivity index (χ0) is 14.8. The van der Waals surface area contributed by atoms with Crippen molar-refractivity contribution in [2.24, 2.45) is 0 Å². The molecule has 3 rings (SSSR count). The first kappa shape index (κ1) is 14.0. The summed E-state index contributed by atoms with van der Waals surface area (Å²) < 4.78 is 0. The van der Waals surface area contributed by atoms with E-state index in [2.05, 4.69) is 19.9 Å². The average Bonchev–Trinajstić information content (AvgIpc) is 2.46. The van der Waals surface area contributed by atoms with Gasteiger partial charge in [0.05, 0.1) is 11.9 Å². The molecule has 0 radical (unpaired) electrons. The van der Waals surface area contributed by atoms with Crippen LogP contribution in [0.15, 0.2) is 18.3 Å². The molecule has 0 atom stereocenters. The van der Waals surface area contributed by atoms with Crippen LogP contribution < -0.4 is 4.90 Å². The van der Waals surface area contributed by atoms with Gasteiger partial charge in [0.2, 0.25) is 5.28 Å². The minimum absolute atomic E-state index is 0.0701. The van der Waals surface area contributed by atoms with Crippen molar-refractivity contribution in [2.45, 2.75) is 0 Å². The first-order valence-electron chi connectivity index (χ1n) is 6.61. The molecule has 7 nitrogen and oxygen atoms in total. The van der Waals surface area contributed by atoms with E-state index in [0.29, 0.717) is 31.8 Å². The van der Waals surface area contributed by atoms with Crippen LogP contribution >= 0.6 is 11.6 Å². The Morgan fingerprint density at radius 2 is 2.05 bits per heavy atom. The van der Waals surface area contributed by atoms with E-state index in [1.807, 2.05) is 17.0 Å². The Kier molecular flexibility index (Phi) is 3.85. The van der Waals surface area contributed by atoms with E-state index >= 15 is 0 Å². The summed E-state index contributed by atoms with van der Waals surface area (Å²) in [5, 5.41) is 9.85. The van der Waals surface area contributed by atoms with Gasteiger partial charge in [0.15, 0.2) is 5.65 Å². The Labute approximate surface area is 126 Å². The molecule has 0 spiro atoms. The number of hydrogen-bond acceptors (Lipinski definition) is 6. The van der Waals surface area contributed by atoms with E-state index in [1.54, 1.807) is 6.20 Å². The van der Waals surface area contributed by atoms with E-state index in [4.69, 9.17) is 16.7 Å². The van der Waals surface area contributed by atoms with Crippen LogP contribution in [0.3, 0.4) is 0 Å². The summed E-state index contributed by atoms with van der Waals surface area (Å²) in [6.45, 7) is 2.82. The summed E-state index contributed by atoms with van der Waals surface area (Å²) in [4.78, 5) is 27.4. The van der Waals surface area contributed by atoms with Gasteiger partial charge in [-0.05, 0) is 23.7 Å². The number of halogens is 1. The maximum atomic E-state index is 10.7. The summed E-state index contributed by atoms with van der Waals surface area (Å²) >= 11 is 5.96. The summed E-state index contributed by atoms with van der Waals surface area (Å²) in [5.41, 5.74) is 0.570. The molecule has 2 aromatic heterocycles. The van der Waals surface area contributed by atoms with E-state index in [1.165, 1.54) is 0 Å². The Morgan fingerprint density at radius 1 is 1.29 bits per heavy atom. The smallest absolute Gasteiger partial charge is 0.317 e. The van der Waals surface area contributed by atoms with Gasteiger partial charge in [-0.1, -0.05) is 0 Å². The van der Waals surface area contributed by atoms with Crippen LogP contribution in [-0.2, 0) is 4.79 Å². The molecule has 0 saturated carbocycles. The van der Waals surface area contributed by atoms with Crippen LogP contribution in [0.25, 0.3) is 11.0 Å². The molecule has 1 saturated heterocycles. The minimum atomic E-state index is -0.803. The molecule has 1 N–H and O–H groups in total. The SMILES string of the molecule is O=C(O)CN1CCN(c2nc(Cl)nc3ncccc23)CC1. The Morgan fingerprint density at radius 3 is 2.76 bits per heavy atom. The fourth-order valence-corrected chi connectivity index (χ4v) is 2.63. The monoisotopic (exact) mass is 307 g/mol. The lowest BCUT2D eigenvalue weighted by molar-refractivity contribution is -0.138. The number of carbonyl (C=O) groups is 1. The van der Waals surface area contributed by atoms with E-state index in [-0.39, 0.29) is 11.8 Å². The van der Waals surface area contributed by atoms with Crippen LogP contribution in [0, 0.1) is 0 Å². The van der Waals surface area contributed by atoms with Crippen LogP contribution in [0.4, 0.5) is 5.82 Å². The predicted octanol–water partition coefficient (Wildman–Crippen LogP) is 0.885. The summed E-state index contributed by atoms with van der Waals surface area (Å²) in [6, 6.07) is 3.75. The molecule has 1 aliphatic heterocycles. The third kappa shape index (κ3) is 3.03. The third-order valence-electron chi connectivity index (χ3n) is 3.45. The molecule has 2 aromatic rings. The molecule has 0 bridgehead atoms. The van der Waals surface area contributed by atoms with Gasteiger partial charge in [-0.2, -0.15) is 9.97 Å². The molecular formula is C13H14ClN5O2. The second-order valence-electron chi connectivity index (χ2n) is 4.85. The van der Waals surface area contributed by atoms with Crippen molar-refractivity contribution in [3.63, 3.8) is 0 Å². The maximum absolute atomic E-state index is 10.7. The zero-order valence-corrected chi connectivity index (χ0v) is 12.0. The molecular weight excluding hydrogens is 294 g/mol. The van der Waals surface area contributed by atoms with Crippen molar-refractivity contribution in [3.05, 3.63) is 23.6 Å². The number of hydrogen-bond donors (Lipinski definition) is 1. The van der Waals surface area contributed by atoms with Crippen molar-refractivity contribution >= 4 is 34.4 Å². The van der Waals surface area contributed by atoms with E-state index in [0.717, 1.165) is 11.2 Å². The molecule has 0 amide bonds. The predicted molar refractivity (Wildman–Crippen MR) is 78.6 cm³/mol. The van der Waals surface area contributed by atoms with E-state index < -0.39 is 5.97 Å². The highest BCUT2D eigenvalue weighted by molar-refractivity contribution is 6.28. The topological polar surface area (TPSA) is 82.5 Å². The summed E-state index contributed by atoms with van der Waals surface area (Å²) in [6.07, 6.45) is 1.67. The van der Waals surface area contributed by atoms with Gasteiger partial charge in [0, 0.05) is 32.4 Å². The van der Waals surface area contributed by atoms with Gasteiger partial charge in [0.25, 0.3) is 0 Å². The average molecular weight is 308 g/mol. The fourth-order valence-electron chi connectivity index (χ4n) is 2.47. The lowest BCUT2D eigenvalue weighted by Crippen LogP contribution is -2.48. The van der Waals surface area contributed by atoms with Crippen molar-refractivity contribution in [2.75, 3.05) is 37.6 Å². The van der Waals surface area contributed by atoms with Gasteiger partial charge in [-0.3, -0.25) is 9.69 Å². The number of anilines is 1. The van der Waals surface area contributed by atoms with Crippen molar-refractivity contribution in [3.8, 4) is 0 Å². The van der Waals surface area contributed by atoms with Crippen LogP contribution in [0.2, 0.25) is 5.28 Å². The number of carboxylic acid groups (broad SMARTS) is 1. The Balaban J connectivity index is 1.84. The highest BCUT2D eigenvalue weighted by Crippen LogP contribution is 2.24. The summed E-state index contributed by atoms with van der Waals surface area (Å²) in [7, 11) is 0. The number of pyridine rings is 1. The molecule has 1 aliphatic rings. The lowest BCUT2D eigenvalue weighted by atomic mass is 10.2. The van der Waals surface area contributed by atoms with Crippen LogP contribution in [0.5, 0.6) is 0 Å². The molecule has 110 valence electrons. The molecule has 8 heteroatoms. The molecule has 0 aromatic carbocycles. The third-order valence-corrected chi connectivity index (χ3v) is 3.62. The van der Waals surface area contributed by atoms with Crippen molar-refractivity contribution in [1.29, 1.82) is 0 Å². The van der Waals surface area contributed by atoms with Crippen molar-refractivity contribution < 1.29 is 9.90 Å². The van der Waals surface area contributed by atoms with Crippen LogP contribution in [0.1, 0.15) is 0 Å². The van der Waals surface area contributed by atoms with Crippen molar-refractivity contribution in [1.82, 2.24) is 19.9 Å². The first-order valence-corrected chi connectivity index (χ1v) is 6.98. The largest absolute Gasteiger partial charge is 0.480 e. The number of aromatic nitrogens is 3. The van der Waals surface area contributed by atoms with Gasteiger partial charge in [-0.25, -0.2) is 4.98 Å². The standard InChI is InChI=1S/C13H14ClN5O2/c14-13-16-11-9(2-1-3-15-11)12(17-13)19-6-4-18(5-7-19)8-10(20)21/h1-3H,4-8H2,(H,20,21). The van der Waals surface area contributed by atoms with Gasteiger partial charge >= 0.3 is 5.97 Å². The summed E-state index contributed by atoms with van der Waals surface area (Å²) in [5.74, 6) is -0.0451. The fraction of sp³-hybridized carbons (Fsp3) is 0.385. The molecule has 0 aliphatic carbocycles. The normalized spacial score (nSPS) is 16.3. The number of piperazine rings is 1. The number of rotatable bonds is 3. The lowest BCUT2D eigenvalue weighted by Gasteiger charge is -2.34. The molecule has 1 fully saturated rings. The number of carboxylic acids is 1. The highest BCUT2D eigenvalue weighted by Gasteiger charge is 2.21. The van der Waals surface area contributed by atoms with Gasteiger partial charge < -0.3 is 10.0 Å². The Bertz CT molecular complexity index is 673. The molecule has 0 unspecified atom stereocenters. The number of nitrogens with zero attached hydrogens (tertiary/aromatic N) is 5. The highest BCUT2D eigenvalue weighted by atomic mass is 35.5. The van der Waals surface area contributed by atoms with Gasteiger partial charge in [0.1, 0.15) is 5.82 Å². The number of aliphatic carboxylic acids is 1. The molecule has 3 heterocycles. The van der Waals surface area contributed by atoms with Crippen LogP contribution in [-0.4, -0.2) is 63.7 Å². The minimum Gasteiger partial charge on any atom is -0.480 e. The number of fused-ring (bicyclic) bond motifs is 1.